The summed E-state index contributed by atoms with van der Waals surface area (Å²) in [7, 11) is 1.77. The summed E-state index contributed by atoms with van der Waals surface area (Å²) < 4.78 is 12.8. The van der Waals surface area contributed by atoms with Crippen molar-refractivity contribution < 1.29 is 29.3 Å². The van der Waals surface area contributed by atoms with Crippen LogP contribution in [0.3, 0.4) is 0 Å². The quantitative estimate of drug-likeness (QED) is 0.101. The van der Waals surface area contributed by atoms with E-state index in [2.05, 4.69) is 54.6 Å². The van der Waals surface area contributed by atoms with Gasteiger partial charge in [-0.25, -0.2) is 0 Å². The molecule has 0 aromatic heterocycles. The van der Waals surface area contributed by atoms with E-state index in [-0.39, 0.29) is 52.8 Å². The van der Waals surface area contributed by atoms with E-state index in [0.717, 1.165) is 49.1 Å². The summed E-state index contributed by atoms with van der Waals surface area (Å²) in [5.74, 6) is 2.95. The zero-order valence-corrected chi connectivity index (χ0v) is 41.9. The first-order valence-corrected chi connectivity index (χ1v) is 25.4. The molecule has 0 radical (unpaired) electrons. The van der Waals surface area contributed by atoms with E-state index in [0.29, 0.717) is 70.8 Å². The van der Waals surface area contributed by atoms with Gasteiger partial charge < -0.3 is 29.9 Å². The number of rotatable bonds is 14. The van der Waals surface area contributed by atoms with Crippen LogP contribution in [0.2, 0.25) is 5.02 Å². The van der Waals surface area contributed by atoms with Crippen LogP contribution in [0.25, 0.3) is 5.57 Å². The summed E-state index contributed by atoms with van der Waals surface area (Å²) in [5, 5.41) is 42.5. The zero-order valence-electron chi connectivity index (χ0n) is 41.2. The Morgan fingerprint density at radius 2 is 1.72 bits per heavy atom. The second kappa shape index (κ2) is 19.4. The van der Waals surface area contributed by atoms with Crippen molar-refractivity contribution in [1.82, 2.24) is 25.8 Å². The lowest BCUT2D eigenvalue weighted by Crippen LogP contribution is -2.75. The number of fused-ring (bicyclic) bond motifs is 1. The number of aliphatic imine (C=N–C) groups is 1. The molecule has 4 fully saturated rings. The standard InChI is InChI=1S/C55H70ClN7O6/c1-53(2)51(54(3,4)52(53)69-39-16-13-34(29-57)43(56)27-39)61-48(64)44-17-15-37(30-58-44)63-21-19-32(20-22-63)23-33-24-36(25-33)59-49(65)45-28-41-42(31-62(7)50(66)47(41)60-45)40-26-35(55(5,6)67)14-18-46(40)68-38-11-9-8-10-12-38/h8-14,16,18,26-27,31-33,36-37,41,45,47,49,51-52,59-60,65,67H,15,17,19-25,28,30H2,1-7H3,(H,61,64). The molecule has 5 atom stereocenters. The lowest BCUT2D eigenvalue weighted by Gasteiger charge is -2.63. The fraction of sp³-hybridized carbons (Fsp3) is 0.564. The maximum atomic E-state index is 13.6. The van der Waals surface area contributed by atoms with Gasteiger partial charge in [-0.3, -0.25) is 30.1 Å². The summed E-state index contributed by atoms with van der Waals surface area (Å²) in [6, 6.07) is 22.2. The highest BCUT2D eigenvalue weighted by Crippen LogP contribution is 2.56. The highest BCUT2D eigenvalue weighted by molar-refractivity contribution is 6.39. The van der Waals surface area contributed by atoms with Crippen molar-refractivity contribution in [3.63, 3.8) is 0 Å². The predicted molar refractivity (Wildman–Crippen MR) is 268 cm³/mol. The van der Waals surface area contributed by atoms with Crippen LogP contribution in [0.15, 0.2) is 77.9 Å². The highest BCUT2D eigenvalue weighted by atomic mass is 35.5. The Hall–Kier alpha value is -4.81. The minimum Gasteiger partial charge on any atom is -0.489 e. The smallest absolute Gasteiger partial charge is 0.265 e. The third-order valence-corrected chi connectivity index (χ3v) is 16.7. The first-order valence-electron chi connectivity index (χ1n) is 25.0. The third-order valence-electron chi connectivity index (χ3n) is 16.4. The number of carbonyl (C=O) groups is 2. The van der Waals surface area contributed by atoms with Gasteiger partial charge in [0.25, 0.3) is 5.91 Å². The molecule has 13 nitrogen and oxygen atoms in total. The van der Waals surface area contributed by atoms with E-state index < -0.39 is 17.9 Å². The average Bonchev–Trinajstić information content (AvgIpc) is 3.77. The van der Waals surface area contributed by atoms with Crippen LogP contribution in [0.5, 0.6) is 17.2 Å². The number of nitrogens with zero attached hydrogens (tertiary/aromatic N) is 4. The zero-order chi connectivity index (χ0) is 49.0. The Morgan fingerprint density at radius 3 is 2.38 bits per heavy atom. The molecule has 9 rings (SSSR count). The van der Waals surface area contributed by atoms with Gasteiger partial charge in [-0.15, -0.1) is 0 Å². The van der Waals surface area contributed by atoms with E-state index in [9.17, 15) is 25.1 Å². The number of nitriles is 1. The van der Waals surface area contributed by atoms with Crippen molar-refractivity contribution in [3.8, 4) is 23.3 Å². The van der Waals surface area contributed by atoms with Gasteiger partial charge in [0.1, 0.15) is 35.6 Å². The van der Waals surface area contributed by atoms with Gasteiger partial charge in [0.2, 0.25) is 5.91 Å². The molecule has 0 spiro atoms. The molecule has 2 amide bonds. The van der Waals surface area contributed by atoms with Crippen LogP contribution in [-0.2, 0) is 15.2 Å². The number of likely N-dealkylation sites (tertiary alicyclic amines) is 1. The molecule has 4 heterocycles. The number of aliphatic hydroxyl groups excluding tert-OH is 1. The number of amides is 2. The molecule has 6 aliphatic rings. The van der Waals surface area contributed by atoms with E-state index in [1.165, 1.54) is 19.3 Å². The monoisotopic (exact) mass is 960 g/mol. The number of para-hydroxylation sites is 1. The van der Waals surface area contributed by atoms with Crippen LogP contribution in [0, 0.1) is 39.9 Å². The van der Waals surface area contributed by atoms with E-state index in [1.807, 2.05) is 54.7 Å². The van der Waals surface area contributed by atoms with Crippen molar-refractivity contribution in [1.29, 1.82) is 5.26 Å². The number of benzene rings is 3. The fourth-order valence-electron chi connectivity index (χ4n) is 12.7. The Balaban J connectivity index is 0.719. The van der Waals surface area contributed by atoms with Crippen LogP contribution in [0.1, 0.15) is 110 Å². The number of hydrogen-bond acceptors (Lipinski definition) is 11. The molecular weight excluding hydrogens is 890 g/mol. The van der Waals surface area contributed by atoms with Crippen LogP contribution < -0.4 is 25.4 Å². The number of carbonyl (C=O) groups excluding carboxylic acids is 2. The van der Waals surface area contributed by atoms with Crippen LogP contribution in [0.4, 0.5) is 0 Å². The molecule has 2 aliphatic carbocycles. The lowest BCUT2D eigenvalue weighted by molar-refractivity contribution is -0.171. The molecule has 0 bridgehead atoms. The number of piperidine rings is 1. The summed E-state index contributed by atoms with van der Waals surface area (Å²) in [4.78, 5) is 36.3. The summed E-state index contributed by atoms with van der Waals surface area (Å²) in [6.07, 6.45) is 8.68. The maximum absolute atomic E-state index is 13.6. The molecule has 3 aromatic carbocycles. The van der Waals surface area contributed by atoms with Gasteiger partial charge in [-0.1, -0.05) is 63.6 Å². The molecular formula is C55H70ClN7O6. The lowest BCUT2D eigenvalue weighted by atomic mass is 9.49. The Bertz CT molecular complexity index is 2490. The van der Waals surface area contributed by atoms with Gasteiger partial charge in [0.15, 0.2) is 0 Å². The number of likely N-dealkylation sites (N-methyl/N-ethyl adjacent to an activating group) is 1. The minimum absolute atomic E-state index is 0.0333. The highest BCUT2D eigenvalue weighted by Gasteiger charge is 2.64. The first kappa shape index (κ1) is 49.2. The minimum atomic E-state index is -1.08. The van der Waals surface area contributed by atoms with Gasteiger partial charge in [0, 0.05) is 65.8 Å². The molecule has 4 aliphatic heterocycles. The van der Waals surface area contributed by atoms with Crippen molar-refractivity contribution in [2.45, 2.75) is 141 Å². The maximum Gasteiger partial charge on any atom is 0.265 e. The number of hydrogen-bond donors (Lipinski definition) is 5. The van der Waals surface area contributed by atoms with E-state index >= 15 is 0 Å². The molecule has 14 heteroatoms. The largest absolute Gasteiger partial charge is 0.489 e. The predicted octanol–water partition coefficient (Wildman–Crippen LogP) is 7.78. The Kier molecular flexibility index (Phi) is 13.8. The number of nitrogens with one attached hydrogen (secondary N) is 3. The summed E-state index contributed by atoms with van der Waals surface area (Å²) >= 11 is 6.28. The van der Waals surface area contributed by atoms with E-state index in [4.69, 9.17) is 26.1 Å². The Labute approximate surface area is 412 Å². The first-order chi connectivity index (χ1) is 32.8. The molecule has 368 valence electrons. The SMILES string of the molecule is CN1C=C(c2cc(C(C)(C)O)ccc2Oc2ccccc2)C2CC(C(O)NC3CC(CC4CCN(C5CCC(C(=O)NC6C(C)(C)C(Oc7ccc(C#N)c(Cl)c7)C6(C)C)=NC5)CC4)C3)NC2C1=O. The van der Waals surface area contributed by atoms with Crippen molar-refractivity contribution in [3.05, 3.63) is 94.6 Å². The van der Waals surface area contributed by atoms with Gasteiger partial charge in [-0.05, 0) is 138 Å². The Morgan fingerprint density at radius 1 is 1.00 bits per heavy atom. The van der Waals surface area contributed by atoms with Crippen LogP contribution in [-0.4, -0.2) is 107 Å². The number of ether oxygens (including phenoxy) is 2. The van der Waals surface area contributed by atoms with Gasteiger partial charge in [-0.2, -0.15) is 5.26 Å². The normalized spacial score (nSPS) is 29.3. The molecule has 2 saturated carbocycles. The van der Waals surface area contributed by atoms with Crippen molar-refractivity contribution in [2.24, 2.45) is 33.6 Å². The summed E-state index contributed by atoms with van der Waals surface area (Å²) in [6.45, 7) is 14.7. The van der Waals surface area contributed by atoms with Crippen molar-refractivity contribution in [2.75, 3.05) is 26.7 Å². The second-order valence-electron chi connectivity index (χ2n) is 22.5. The molecule has 3 aromatic rings. The van der Waals surface area contributed by atoms with E-state index in [1.54, 1.807) is 44.0 Å². The molecule has 5 unspecified atom stereocenters. The summed E-state index contributed by atoms with van der Waals surface area (Å²) in [5.41, 5.74) is 1.79. The van der Waals surface area contributed by atoms with Gasteiger partial charge in [0.05, 0.1) is 34.5 Å². The van der Waals surface area contributed by atoms with Gasteiger partial charge >= 0.3 is 0 Å². The van der Waals surface area contributed by atoms with Crippen molar-refractivity contribution >= 4 is 34.7 Å². The van der Waals surface area contributed by atoms with Crippen LogP contribution >= 0.6 is 11.6 Å². The molecule has 69 heavy (non-hydrogen) atoms. The average molecular weight is 961 g/mol. The second-order valence-corrected chi connectivity index (χ2v) is 22.9. The third kappa shape index (κ3) is 10.1. The fourth-order valence-corrected chi connectivity index (χ4v) is 12.9. The topological polar surface area (TPSA) is 172 Å². The molecule has 5 N–H and O–H groups in total. The molecule has 2 saturated heterocycles. The number of halogens is 1. The number of aliphatic hydroxyl groups is 2.